The molecular formula is C22H26. The minimum absolute atomic E-state index is 0.631. The Morgan fingerprint density at radius 1 is 0.682 bits per heavy atom. The first-order chi connectivity index (χ1) is 10.9. The van der Waals surface area contributed by atoms with E-state index in [4.69, 9.17) is 0 Å². The van der Waals surface area contributed by atoms with Gasteiger partial charge in [0.2, 0.25) is 0 Å². The Morgan fingerprint density at radius 3 is 1.50 bits per heavy atom. The minimum atomic E-state index is 0.631. The van der Waals surface area contributed by atoms with Gasteiger partial charge in [-0.25, -0.2) is 0 Å². The first-order valence-corrected chi connectivity index (χ1v) is 8.70. The predicted molar refractivity (Wildman–Crippen MR) is 97.5 cm³/mol. The Kier molecular flexibility index (Phi) is 5.48. The molecule has 1 aromatic rings. The molecule has 0 N–H and O–H groups in total. The molecule has 0 fully saturated rings. The van der Waals surface area contributed by atoms with Crippen molar-refractivity contribution < 1.29 is 0 Å². The van der Waals surface area contributed by atoms with E-state index in [1.165, 1.54) is 49.7 Å². The lowest BCUT2D eigenvalue weighted by Crippen LogP contribution is -1.96. The molecule has 0 heteroatoms. The summed E-state index contributed by atoms with van der Waals surface area (Å²) in [6, 6.07) is 8.89. The zero-order chi connectivity index (χ0) is 15.0. The summed E-state index contributed by atoms with van der Waals surface area (Å²) in [4.78, 5) is 0. The van der Waals surface area contributed by atoms with E-state index < -0.39 is 0 Å². The van der Waals surface area contributed by atoms with Gasteiger partial charge in [-0.1, -0.05) is 72.9 Å². The monoisotopic (exact) mass is 290 g/mol. The van der Waals surface area contributed by atoms with Gasteiger partial charge in [0.15, 0.2) is 0 Å². The summed E-state index contributed by atoms with van der Waals surface area (Å²) < 4.78 is 0. The van der Waals surface area contributed by atoms with Crippen molar-refractivity contribution in [3.8, 4) is 0 Å². The van der Waals surface area contributed by atoms with Crippen LogP contribution in [0.25, 0.3) is 12.2 Å². The third-order valence-electron chi connectivity index (χ3n) is 4.59. The molecule has 2 aliphatic carbocycles. The summed E-state index contributed by atoms with van der Waals surface area (Å²) in [6.45, 7) is 0. The van der Waals surface area contributed by atoms with Crippen molar-refractivity contribution in [1.29, 1.82) is 0 Å². The van der Waals surface area contributed by atoms with Gasteiger partial charge in [0.1, 0.15) is 0 Å². The fourth-order valence-electron chi connectivity index (χ4n) is 3.19. The maximum atomic E-state index is 2.34. The van der Waals surface area contributed by atoms with E-state index in [9.17, 15) is 0 Å². The van der Waals surface area contributed by atoms with Gasteiger partial charge < -0.3 is 0 Å². The maximum absolute atomic E-state index is 2.34. The fourth-order valence-corrected chi connectivity index (χ4v) is 3.19. The van der Waals surface area contributed by atoms with Crippen LogP contribution >= 0.6 is 0 Å². The second kappa shape index (κ2) is 7.98. The number of hydrogen-bond donors (Lipinski definition) is 0. The van der Waals surface area contributed by atoms with Gasteiger partial charge in [0.25, 0.3) is 0 Å². The molecule has 0 aliphatic heterocycles. The second-order valence-corrected chi connectivity index (χ2v) is 6.43. The topological polar surface area (TPSA) is 0 Å². The molecule has 0 spiro atoms. The van der Waals surface area contributed by atoms with E-state index in [0.29, 0.717) is 11.8 Å². The Bertz CT molecular complexity index is 516. The minimum Gasteiger partial charge on any atom is -0.0879 e. The van der Waals surface area contributed by atoms with Gasteiger partial charge in [0, 0.05) is 0 Å². The van der Waals surface area contributed by atoms with Gasteiger partial charge in [-0.15, -0.1) is 0 Å². The molecule has 0 bridgehead atoms. The molecule has 0 aromatic heterocycles. The molecule has 2 atom stereocenters. The highest BCUT2D eigenvalue weighted by Gasteiger charge is 2.04. The molecule has 0 heterocycles. The summed E-state index contributed by atoms with van der Waals surface area (Å²) in [7, 11) is 0. The van der Waals surface area contributed by atoms with E-state index in [1.807, 2.05) is 0 Å². The van der Waals surface area contributed by atoms with Crippen molar-refractivity contribution in [3.63, 3.8) is 0 Å². The van der Waals surface area contributed by atoms with Crippen LogP contribution in [-0.2, 0) is 0 Å². The number of hydrogen-bond acceptors (Lipinski definition) is 0. The largest absolute Gasteiger partial charge is 0.0879 e. The molecule has 0 saturated heterocycles. The molecule has 1 aromatic carbocycles. The molecule has 0 nitrogen and oxygen atoms in total. The molecule has 2 aliphatic rings. The van der Waals surface area contributed by atoms with Crippen molar-refractivity contribution in [2.45, 2.75) is 38.5 Å². The number of rotatable bonds is 4. The average Bonchev–Trinajstić information content (AvgIpc) is 2.61. The van der Waals surface area contributed by atoms with Crippen molar-refractivity contribution in [1.82, 2.24) is 0 Å². The molecular weight excluding hydrogens is 264 g/mol. The number of allylic oxidation sites excluding steroid dienone is 6. The van der Waals surface area contributed by atoms with E-state index in [1.54, 1.807) is 0 Å². The predicted octanol–water partition coefficient (Wildman–Crippen LogP) is 6.43. The zero-order valence-electron chi connectivity index (χ0n) is 13.3. The zero-order valence-corrected chi connectivity index (χ0v) is 13.3. The Labute approximate surface area is 135 Å². The van der Waals surface area contributed by atoms with Gasteiger partial charge in [-0.3, -0.25) is 0 Å². The number of benzene rings is 1. The highest BCUT2D eigenvalue weighted by molar-refractivity contribution is 5.56. The standard InChI is InChI=1S/C22H26/c1-3-7-19(8-4-1)11-13-21-15-17-22(18-16-21)14-12-20-9-5-2-6-10-20/h3,5,7,9,11-20H,1-2,4,6,8,10H2/b13-11-,14-12-. The normalized spacial score (nSPS) is 25.3. The van der Waals surface area contributed by atoms with Gasteiger partial charge in [-0.2, -0.15) is 0 Å². The van der Waals surface area contributed by atoms with Gasteiger partial charge in [-0.05, 0) is 61.5 Å². The molecule has 0 amide bonds. The summed E-state index contributed by atoms with van der Waals surface area (Å²) in [5.41, 5.74) is 2.60. The Balaban J connectivity index is 1.57. The van der Waals surface area contributed by atoms with Crippen molar-refractivity contribution >= 4 is 12.2 Å². The van der Waals surface area contributed by atoms with Gasteiger partial charge >= 0.3 is 0 Å². The third-order valence-corrected chi connectivity index (χ3v) is 4.59. The molecule has 0 radical (unpaired) electrons. The van der Waals surface area contributed by atoms with E-state index in [2.05, 4.69) is 72.9 Å². The molecule has 2 unspecified atom stereocenters. The highest BCUT2D eigenvalue weighted by atomic mass is 14.1. The lowest BCUT2D eigenvalue weighted by Gasteiger charge is -2.11. The molecule has 22 heavy (non-hydrogen) atoms. The Morgan fingerprint density at radius 2 is 1.14 bits per heavy atom. The van der Waals surface area contributed by atoms with Crippen LogP contribution in [0.2, 0.25) is 0 Å². The molecule has 3 rings (SSSR count). The van der Waals surface area contributed by atoms with Crippen molar-refractivity contribution in [3.05, 3.63) is 71.8 Å². The van der Waals surface area contributed by atoms with Crippen LogP contribution < -0.4 is 0 Å². The maximum Gasteiger partial charge on any atom is -0.00501 e. The molecule has 0 saturated carbocycles. The summed E-state index contributed by atoms with van der Waals surface area (Å²) in [5.74, 6) is 1.26. The first kappa shape index (κ1) is 15.1. The summed E-state index contributed by atoms with van der Waals surface area (Å²) in [6.07, 6.45) is 26.3. The first-order valence-electron chi connectivity index (χ1n) is 8.70. The summed E-state index contributed by atoms with van der Waals surface area (Å²) in [5, 5.41) is 0. The SMILES string of the molecule is C1=CC(/C=C\c2ccc(/C=C\C3C=CCCC3)cc2)CCC1. The molecule has 114 valence electrons. The van der Waals surface area contributed by atoms with E-state index in [-0.39, 0.29) is 0 Å². The lowest BCUT2D eigenvalue weighted by atomic mass is 9.94. The van der Waals surface area contributed by atoms with Crippen LogP contribution in [0.1, 0.15) is 49.7 Å². The van der Waals surface area contributed by atoms with Crippen LogP contribution in [0.3, 0.4) is 0 Å². The van der Waals surface area contributed by atoms with Crippen LogP contribution in [0.15, 0.2) is 60.7 Å². The average molecular weight is 290 g/mol. The second-order valence-electron chi connectivity index (χ2n) is 6.43. The third kappa shape index (κ3) is 4.59. The van der Waals surface area contributed by atoms with Crippen LogP contribution in [0, 0.1) is 11.8 Å². The lowest BCUT2D eigenvalue weighted by molar-refractivity contribution is 0.632. The van der Waals surface area contributed by atoms with Crippen molar-refractivity contribution in [2.24, 2.45) is 11.8 Å². The fraction of sp³-hybridized carbons (Fsp3) is 0.364. The van der Waals surface area contributed by atoms with E-state index >= 15 is 0 Å². The van der Waals surface area contributed by atoms with Gasteiger partial charge in [0.05, 0.1) is 0 Å². The Hall–Kier alpha value is -1.82. The van der Waals surface area contributed by atoms with Crippen molar-refractivity contribution in [2.75, 3.05) is 0 Å². The van der Waals surface area contributed by atoms with E-state index in [0.717, 1.165) is 0 Å². The smallest absolute Gasteiger partial charge is 0.00501 e. The quantitative estimate of drug-likeness (QED) is 0.561. The van der Waals surface area contributed by atoms with Crippen LogP contribution in [0.4, 0.5) is 0 Å². The highest BCUT2D eigenvalue weighted by Crippen LogP contribution is 2.21. The van der Waals surface area contributed by atoms with Crippen LogP contribution in [0.5, 0.6) is 0 Å². The summed E-state index contributed by atoms with van der Waals surface area (Å²) >= 11 is 0. The van der Waals surface area contributed by atoms with Crippen LogP contribution in [-0.4, -0.2) is 0 Å².